The summed E-state index contributed by atoms with van der Waals surface area (Å²) in [5.74, 6) is 0.657. The molecule has 6 heteroatoms. The maximum Gasteiger partial charge on any atom is 0.319 e. The molecule has 2 saturated heterocycles. The fourth-order valence-corrected chi connectivity index (χ4v) is 4.44. The SMILES string of the molecule is O=C(N1CCCC1)N1CCC(Nc2nccc(-c3ccc4ccccc4c3)n2)CC1. The molecule has 0 saturated carbocycles. The van der Waals surface area contributed by atoms with Crippen LogP contribution in [0.5, 0.6) is 0 Å². The first kappa shape index (κ1) is 18.9. The quantitative estimate of drug-likeness (QED) is 0.707. The number of amides is 2. The molecule has 0 atom stereocenters. The molecule has 3 aromatic rings. The number of nitrogens with one attached hydrogen (secondary N) is 1. The maximum atomic E-state index is 12.6. The molecule has 2 fully saturated rings. The number of anilines is 1. The first-order valence-corrected chi connectivity index (χ1v) is 10.9. The van der Waals surface area contributed by atoms with Crippen LogP contribution in [0.4, 0.5) is 10.7 Å². The molecule has 0 unspecified atom stereocenters. The lowest BCUT2D eigenvalue weighted by Gasteiger charge is -2.34. The third-order valence-corrected chi connectivity index (χ3v) is 6.18. The molecule has 30 heavy (non-hydrogen) atoms. The summed E-state index contributed by atoms with van der Waals surface area (Å²) in [5, 5.41) is 5.92. The fourth-order valence-electron chi connectivity index (χ4n) is 4.44. The minimum absolute atomic E-state index is 0.209. The van der Waals surface area contributed by atoms with Crippen LogP contribution in [0, 0.1) is 0 Å². The van der Waals surface area contributed by atoms with E-state index in [1.165, 1.54) is 10.8 Å². The van der Waals surface area contributed by atoms with Gasteiger partial charge in [0, 0.05) is 44.0 Å². The number of piperidine rings is 1. The van der Waals surface area contributed by atoms with Crippen LogP contribution < -0.4 is 5.32 Å². The van der Waals surface area contributed by atoms with Gasteiger partial charge in [-0.05, 0) is 48.6 Å². The summed E-state index contributed by atoms with van der Waals surface area (Å²) in [6.45, 7) is 3.40. The van der Waals surface area contributed by atoms with Crippen molar-refractivity contribution < 1.29 is 4.79 Å². The Bertz CT molecular complexity index is 1040. The van der Waals surface area contributed by atoms with Crippen molar-refractivity contribution in [1.82, 2.24) is 19.8 Å². The van der Waals surface area contributed by atoms with Gasteiger partial charge in [0.2, 0.25) is 5.95 Å². The van der Waals surface area contributed by atoms with Gasteiger partial charge in [0.05, 0.1) is 5.69 Å². The first-order valence-electron chi connectivity index (χ1n) is 10.9. The summed E-state index contributed by atoms with van der Waals surface area (Å²) in [5.41, 5.74) is 2.00. The second-order valence-corrected chi connectivity index (χ2v) is 8.21. The van der Waals surface area contributed by atoms with Crippen LogP contribution in [-0.2, 0) is 0 Å². The van der Waals surface area contributed by atoms with Gasteiger partial charge >= 0.3 is 6.03 Å². The zero-order valence-electron chi connectivity index (χ0n) is 17.1. The number of hydrogen-bond acceptors (Lipinski definition) is 4. The van der Waals surface area contributed by atoms with E-state index in [4.69, 9.17) is 4.98 Å². The standard InChI is InChI=1S/C24H27N5O/c30-24(28-13-3-4-14-28)29-15-10-21(11-16-29)26-23-25-12-9-22(27-23)20-8-7-18-5-1-2-6-19(18)17-20/h1-2,5-9,12,17,21H,3-4,10-11,13-16H2,(H,25,26,27). The van der Waals surface area contributed by atoms with Gasteiger partial charge < -0.3 is 15.1 Å². The molecule has 2 aliphatic heterocycles. The van der Waals surface area contributed by atoms with Crippen molar-refractivity contribution in [1.29, 1.82) is 0 Å². The molecule has 1 aromatic heterocycles. The van der Waals surface area contributed by atoms with Crippen molar-refractivity contribution in [3.63, 3.8) is 0 Å². The van der Waals surface area contributed by atoms with Crippen LogP contribution in [0.2, 0.25) is 0 Å². The lowest BCUT2D eigenvalue weighted by atomic mass is 10.0. The van der Waals surface area contributed by atoms with Crippen molar-refractivity contribution >= 4 is 22.8 Å². The Morgan fingerprint density at radius 3 is 2.43 bits per heavy atom. The Kier molecular flexibility index (Phi) is 5.22. The molecule has 0 spiro atoms. The van der Waals surface area contributed by atoms with Gasteiger partial charge in [-0.2, -0.15) is 0 Å². The predicted molar refractivity (Wildman–Crippen MR) is 119 cm³/mol. The number of urea groups is 1. The highest BCUT2D eigenvalue weighted by atomic mass is 16.2. The molecule has 0 aliphatic carbocycles. The van der Waals surface area contributed by atoms with E-state index in [-0.39, 0.29) is 6.03 Å². The fraction of sp³-hybridized carbons (Fsp3) is 0.375. The molecule has 3 heterocycles. The number of aromatic nitrogens is 2. The summed E-state index contributed by atoms with van der Waals surface area (Å²) in [7, 11) is 0. The van der Waals surface area contributed by atoms with Gasteiger partial charge in [-0.3, -0.25) is 0 Å². The van der Waals surface area contributed by atoms with Crippen LogP contribution in [0.25, 0.3) is 22.0 Å². The summed E-state index contributed by atoms with van der Waals surface area (Å²) in [4.78, 5) is 25.7. The lowest BCUT2D eigenvalue weighted by molar-refractivity contribution is 0.150. The van der Waals surface area contributed by atoms with E-state index in [1.54, 1.807) is 0 Å². The molecule has 2 amide bonds. The zero-order valence-corrected chi connectivity index (χ0v) is 17.1. The zero-order chi connectivity index (χ0) is 20.3. The van der Waals surface area contributed by atoms with E-state index < -0.39 is 0 Å². The van der Waals surface area contributed by atoms with Gasteiger partial charge in [-0.15, -0.1) is 0 Å². The van der Waals surface area contributed by atoms with Crippen molar-refractivity contribution in [2.45, 2.75) is 31.7 Å². The number of nitrogens with zero attached hydrogens (tertiary/aromatic N) is 4. The Morgan fingerprint density at radius 1 is 0.900 bits per heavy atom. The number of fused-ring (bicyclic) bond motifs is 1. The van der Waals surface area contributed by atoms with Crippen molar-refractivity contribution in [3.05, 3.63) is 54.7 Å². The molecule has 2 aromatic carbocycles. The molecule has 6 nitrogen and oxygen atoms in total. The lowest BCUT2D eigenvalue weighted by Crippen LogP contribution is -2.47. The summed E-state index contributed by atoms with van der Waals surface area (Å²) >= 11 is 0. The second-order valence-electron chi connectivity index (χ2n) is 8.21. The third-order valence-electron chi connectivity index (χ3n) is 6.18. The largest absolute Gasteiger partial charge is 0.351 e. The molecule has 2 aliphatic rings. The predicted octanol–water partition coefficient (Wildman–Crippen LogP) is 4.39. The highest BCUT2D eigenvalue weighted by molar-refractivity contribution is 5.86. The normalized spacial score (nSPS) is 17.5. The van der Waals surface area contributed by atoms with E-state index in [2.05, 4.69) is 52.8 Å². The van der Waals surface area contributed by atoms with Crippen molar-refractivity contribution in [3.8, 4) is 11.3 Å². The first-order chi connectivity index (χ1) is 14.8. The Hall–Kier alpha value is -3.15. The average Bonchev–Trinajstić information content (AvgIpc) is 3.34. The summed E-state index contributed by atoms with van der Waals surface area (Å²) < 4.78 is 0. The Balaban J connectivity index is 1.23. The van der Waals surface area contributed by atoms with Crippen LogP contribution in [0.15, 0.2) is 54.7 Å². The smallest absolute Gasteiger partial charge is 0.319 e. The number of likely N-dealkylation sites (tertiary alicyclic amines) is 2. The van der Waals surface area contributed by atoms with E-state index >= 15 is 0 Å². The van der Waals surface area contributed by atoms with E-state index in [9.17, 15) is 4.79 Å². The van der Waals surface area contributed by atoms with Gasteiger partial charge in [0.1, 0.15) is 0 Å². The average molecular weight is 402 g/mol. The van der Waals surface area contributed by atoms with E-state index in [0.717, 1.165) is 63.1 Å². The monoisotopic (exact) mass is 401 g/mol. The number of carbonyl (C=O) groups is 1. The van der Waals surface area contributed by atoms with Gasteiger partial charge in [-0.25, -0.2) is 14.8 Å². The third kappa shape index (κ3) is 3.95. The molecule has 154 valence electrons. The van der Waals surface area contributed by atoms with Crippen LogP contribution in [-0.4, -0.2) is 58.0 Å². The number of benzene rings is 2. The number of carbonyl (C=O) groups excluding carboxylic acids is 1. The Morgan fingerprint density at radius 2 is 1.63 bits per heavy atom. The van der Waals surface area contributed by atoms with Crippen molar-refractivity contribution in [2.75, 3.05) is 31.5 Å². The van der Waals surface area contributed by atoms with Gasteiger partial charge in [0.15, 0.2) is 0 Å². The molecular formula is C24H27N5O. The highest BCUT2D eigenvalue weighted by Gasteiger charge is 2.27. The second kappa shape index (κ2) is 8.30. The van der Waals surface area contributed by atoms with Crippen LogP contribution in [0.1, 0.15) is 25.7 Å². The molecule has 1 N–H and O–H groups in total. The minimum atomic E-state index is 0.209. The topological polar surface area (TPSA) is 61.4 Å². The number of hydrogen-bond donors (Lipinski definition) is 1. The summed E-state index contributed by atoms with van der Waals surface area (Å²) in [6, 6.07) is 17.2. The summed E-state index contributed by atoms with van der Waals surface area (Å²) in [6.07, 6.45) is 5.92. The molecule has 5 rings (SSSR count). The minimum Gasteiger partial charge on any atom is -0.351 e. The van der Waals surface area contributed by atoms with E-state index in [1.807, 2.05) is 22.1 Å². The number of rotatable bonds is 3. The molecule has 0 bridgehead atoms. The van der Waals surface area contributed by atoms with Gasteiger partial charge in [-0.1, -0.05) is 36.4 Å². The van der Waals surface area contributed by atoms with Gasteiger partial charge in [0.25, 0.3) is 0 Å². The van der Waals surface area contributed by atoms with Crippen LogP contribution >= 0.6 is 0 Å². The Labute approximate surface area is 176 Å². The highest BCUT2D eigenvalue weighted by Crippen LogP contribution is 2.24. The molecular weight excluding hydrogens is 374 g/mol. The molecule has 0 radical (unpaired) electrons. The maximum absolute atomic E-state index is 12.6. The van der Waals surface area contributed by atoms with Crippen LogP contribution in [0.3, 0.4) is 0 Å². The van der Waals surface area contributed by atoms with Crippen molar-refractivity contribution in [2.24, 2.45) is 0 Å². The van der Waals surface area contributed by atoms with E-state index in [0.29, 0.717) is 12.0 Å².